The molecule has 0 unspecified atom stereocenters. The molecular weight excluding hydrogens is 238 g/mol. The fourth-order valence-corrected chi connectivity index (χ4v) is 2.88. The van der Waals surface area contributed by atoms with Gasteiger partial charge in [-0.2, -0.15) is 0 Å². The fourth-order valence-electron chi connectivity index (χ4n) is 1.78. The van der Waals surface area contributed by atoms with Crippen molar-refractivity contribution in [3.63, 3.8) is 0 Å². The summed E-state index contributed by atoms with van der Waals surface area (Å²) in [5.41, 5.74) is 2.45. The quantitative estimate of drug-likeness (QED) is 0.792. The zero-order chi connectivity index (χ0) is 11.0. The van der Waals surface area contributed by atoms with Crippen molar-refractivity contribution in [2.24, 2.45) is 0 Å². The highest BCUT2D eigenvalue weighted by Crippen LogP contribution is 2.40. The molecule has 0 radical (unpaired) electrons. The molecule has 0 N–H and O–H groups in total. The minimum absolute atomic E-state index is 0.747. The minimum Gasteiger partial charge on any atom is -0.246 e. The normalized spacial score (nSPS) is 15.3. The van der Waals surface area contributed by atoms with Gasteiger partial charge in [-0.15, -0.1) is 11.3 Å². The molecule has 82 valence electrons. The smallest absolute Gasteiger partial charge is 0.0972 e. The lowest BCUT2D eigenvalue weighted by Crippen LogP contribution is -1.89. The van der Waals surface area contributed by atoms with E-state index in [1.54, 1.807) is 11.3 Å². The highest BCUT2D eigenvalue weighted by Gasteiger charge is 2.25. The summed E-state index contributed by atoms with van der Waals surface area (Å²) in [6.07, 6.45) is 3.49. The number of halogens is 1. The molecule has 3 rings (SSSR count). The van der Waals surface area contributed by atoms with Crippen LogP contribution in [-0.4, -0.2) is 4.98 Å². The molecule has 1 heterocycles. The number of benzene rings is 1. The summed E-state index contributed by atoms with van der Waals surface area (Å²) in [6.45, 7) is 0. The Hall–Kier alpha value is -0.860. The average molecular weight is 250 g/mol. The highest BCUT2D eigenvalue weighted by molar-refractivity contribution is 7.09. The third-order valence-corrected chi connectivity index (χ3v) is 4.10. The Morgan fingerprint density at radius 3 is 2.88 bits per heavy atom. The number of hydrogen-bond donors (Lipinski definition) is 0. The lowest BCUT2D eigenvalue weighted by molar-refractivity contribution is 1.01. The molecule has 1 aromatic heterocycles. The molecular formula is C13H12ClNS. The highest BCUT2D eigenvalue weighted by atomic mass is 35.5. The first kappa shape index (κ1) is 10.3. The van der Waals surface area contributed by atoms with Gasteiger partial charge in [-0.1, -0.05) is 29.8 Å². The van der Waals surface area contributed by atoms with E-state index in [1.165, 1.54) is 29.1 Å². The molecule has 1 aromatic carbocycles. The zero-order valence-electron chi connectivity index (χ0n) is 8.82. The summed E-state index contributed by atoms with van der Waals surface area (Å²) >= 11 is 7.88. The van der Waals surface area contributed by atoms with Crippen molar-refractivity contribution in [3.05, 3.63) is 50.9 Å². The Balaban J connectivity index is 1.80. The second kappa shape index (κ2) is 4.19. The molecule has 0 amide bonds. The molecule has 0 atom stereocenters. The van der Waals surface area contributed by atoms with Crippen LogP contribution in [0, 0.1) is 0 Å². The van der Waals surface area contributed by atoms with Crippen molar-refractivity contribution in [2.75, 3.05) is 0 Å². The Morgan fingerprint density at radius 2 is 2.12 bits per heavy atom. The van der Waals surface area contributed by atoms with E-state index in [0.29, 0.717) is 0 Å². The van der Waals surface area contributed by atoms with Crippen LogP contribution in [0.1, 0.15) is 35.0 Å². The molecule has 1 aliphatic rings. The van der Waals surface area contributed by atoms with Crippen molar-refractivity contribution < 1.29 is 0 Å². The summed E-state index contributed by atoms with van der Waals surface area (Å²) in [5.74, 6) is 0.747. The molecule has 1 fully saturated rings. The van der Waals surface area contributed by atoms with E-state index in [4.69, 9.17) is 11.6 Å². The lowest BCUT2D eigenvalue weighted by atomic mass is 10.1. The molecule has 1 saturated carbocycles. The van der Waals surface area contributed by atoms with E-state index in [1.807, 2.05) is 18.2 Å². The van der Waals surface area contributed by atoms with Crippen LogP contribution in [0.5, 0.6) is 0 Å². The standard InChI is InChI=1S/C13H12ClNS/c14-11-4-2-1-3-10(11)7-13-15-12(8-16-13)9-5-6-9/h1-4,8-9H,5-7H2. The minimum atomic E-state index is 0.747. The van der Waals surface area contributed by atoms with Crippen LogP contribution in [0.4, 0.5) is 0 Å². The van der Waals surface area contributed by atoms with Gasteiger partial charge in [0.2, 0.25) is 0 Å². The zero-order valence-corrected chi connectivity index (χ0v) is 10.4. The SMILES string of the molecule is Clc1ccccc1Cc1nc(C2CC2)cs1. The predicted molar refractivity (Wildman–Crippen MR) is 68.3 cm³/mol. The summed E-state index contributed by atoms with van der Waals surface area (Å²) in [7, 11) is 0. The maximum atomic E-state index is 6.13. The molecule has 0 saturated heterocycles. The van der Waals surface area contributed by atoms with Crippen molar-refractivity contribution in [1.82, 2.24) is 4.98 Å². The van der Waals surface area contributed by atoms with Crippen LogP contribution < -0.4 is 0 Å². The van der Waals surface area contributed by atoms with Gasteiger partial charge in [0.05, 0.1) is 10.7 Å². The van der Waals surface area contributed by atoms with Gasteiger partial charge in [0.25, 0.3) is 0 Å². The first-order valence-corrected chi connectivity index (χ1v) is 6.76. The first-order valence-electron chi connectivity index (χ1n) is 5.50. The number of nitrogens with zero attached hydrogens (tertiary/aromatic N) is 1. The molecule has 2 aromatic rings. The number of thiazole rings is 1. The van der Waals surface area contributed by atoms with Crippen molar-refractivity contribution in [1.29, 1.82) is 0 Å². The average Bonchev–Trinajstić information content (AvgIpc) is 3.03. The monoisotopic (exact) mass is 249 g/mol. The Labute approximate surface area is 104 Å². The van der Waals surface area contributed by atoms with E-state index in [0.717, 1.165) is 17.4 Å². The number of hydrogen-bond acceptors (Lipinski definition) is 2. The van der Waals surface area contributed by atoms with Gasteiger partial charge in [-0.05, 0) is 24.5 Å². The van der Waals surface area contributed by atoms with Gasteiger partial charge < -0.3 is 0 Å². The van der Waals surface area contributed by atoms with Gasteiger partial charge in [0.1, 0.15) is 0 Å². The van der Waals surface area contributed by atoms with E-state index in [9.17, 15) is 0 Å². The number of rotatable bonds is 3. The van der Waals surface area contributed by atoms with Gasteiger partial charge in [-0.3, -0.25) is 0 Å². The second-order valence-corrected chi connectivity index (χ2v) is 5.56. The molecule has 1 aliphatic carbocycles. The lowest BCUT2D eigenvalue weighted by Gasteiger charge is -2.00. The number of aromatic nitrogens is 1. The largest absolute Gasteiger partial charge is 0.246 e. The van der Waals surface area contributed by atoms with Gasteiger partial charge >= 0.3 is 0 Å². The van der Waals surface area contributed by atoms with Crippen LogP contribution in [0.15, 0.2) is 29.6 Å². The van der Waals surface area contributed by atoms with Crippen molar-refractivity contribution >= 4 is 22.9 Å². The van der Waals surface area contributed by atoms with Crippen LogP contribution in [0.25, 0.3) is 0 Å². The first-order chi connectivity index (χ1) is 7.83. The summed E-state index contributed by atoms with van der Waals surface area (Å²) < 4.78 is 0. The molecule has 16 heavy (non-hydrogen) atoms. The topological polar surface area (TPSA) is 12.9 Å². The Bertz CT molecular complexity index is 502. The predicted octanol–water partition coefficient (Wildman–Crippen LogP) is 4.26. The van der Waals surface area contributed by atoms with Crippen LogP contribution in [-0.2, 0) is 6.42 Å². The van der Waals surface area contributed by atoms with E-state index >= 15 is 0 Å². The molecule has 0 aliphatic heterocycles. The maximum absolute atomic E-state index is 6.13. The van der Waals surface area contributed by atoms with Gasteiger partial charge in [0.15, 0.2) is 0 Å². The van der Waals surface area contributed by atoms with E-state index in [-0.39, 0.29) is 0 Å². The van der Waals surface area contributed by atoms with Crippen molar-refractivity contribution in [2.45, 2.75) is 25.2 Å². The summed E-state index contributed by atoms with van der Waals surface area (Å²) in [6, 6.07) is 7.99. The van der Waals surface area contributed by atoms with E-state index in [2.05, 4.69) is 16.4 Å². The Kier molecular flexibility index (Phi) is 2.70. The molecule has 0 spiro atoms. The molecule has 1 nitrogen and oxygen atoms in total. The second-order valence-electron chi connectivity index (χ2n) is 4.21. The van der Waals surface area contributed by atoms with Crippen LogP contribution >= 0.6 is 22.9 Å². The third-order valence-electron chi connectivity index (χ3n) is 2.86. The molecule has 3 heteroatoms. The van der Waals surface area contributed by atoms with Gasteiger partial charge in [0, 0.05) is 22.7 Å². The summed E-state index contributed by atoms with van der Waals surface area (Å²) in [4.78, 5) is 4.67. The fraction of sp³-hybridized carbons (Fsp3) is 0.308. The van der Waals surface area contributed by atoms with Gasteiger partial charge in [-0.25, -0.2) is 4.98 Å². The van der Waals surface area contributed by atoms with Crippen molar-refractivity contribution in [3.8, 4) is 0 Å². The Morgan fingerprint density at radius 1 is 1.31 bits per heavy atom. The molecule has 0 bridgehead atoms. The van der Waals surface area contributed by atoms with Crippen LogP contribution in [0.3, 0.4) is 0 Å². The third kappa shape index (κ3) is 2.13. The maximum Gasteiger partial charge on any atom is 0.0972 e. The summed E-state index contributed by atoms with van der Waals surface area (Å²) in [5, 5.41) is 4.21. The van der Waals surface area contributed by atoms with Crippen LogP contribution in [0.2, 0.25) is 5.02 Å². The van der Waals surface area contributed by atoms with E-state index < -0.39 is 0 Å².